The molecule has 0 amide bonds. The molecule has 0 radical (unpaired) electrons. The summed E-state index contributed by atoms with van der Waals surface area (Å²) >= 11 is 3.19. The first-order valence-corrected chi connectivity index (χ1v) is 3.97. The molecule has 0 fully saturated rings. The van der Waals surface area contributed by atoms with E-state index in [0.29, 0.717) is 5.76 Å². The van der Waals surface area contributed by atoms with Gasteiger partial charge in [0.1, 0.15) is 10.7 Å². The van der Waals surface area contributed by atoms with Crippen LogP contribution < -0.4 is 0 Å². The fourth-order valence-corrected chi connectivity index (χ4v) is 0.940. The Morgan fingerprint density at radius 1 is 1.75 bits per heavy atom. The van der Waals surface area contributed by atoms with Crippen LogP contribution in [-0.2, 0) is 0 Å². The minimum absolute atomic E-state index is 0.241. The van der Waals surface area contributed by atoms with E-state index in [1.54, 1.807) is 12.1 Å². The highest BCUT2D eigenvalue weighted by atomic mass is 79.9. The van der Waals surface area contributed by atoms with Gasteiger partial charge in [0.2, 0.25) is 0 Å². The van der Waals surface area contributed by atoms with Crippen molar-refractivity contribution in [3.05, 3.63) is 32.5 Å². The van der Waals surface area contributed by atoms with Crippen molar-refractivity contribution in [2.24, 2.45) is 0 Å². The summed E-state index contributed by atoms with van der Waals surface area (Å²) in [5, 5.41) is 10.2. The molecule has 0 saturated carbocycles. The van der Waals surface area contributed by atoms with Crippen molar-refractivity contribution in [3.8, 4) is 0 Å². The largest absolute Gasteiger partial charge is 0.433 e. The molecular weight excluding hydrogens is 226 g/mol. The molecular formula is C7H6BrNO3. The number of allylic oxidation sites excluding steroid dienone is 1. The van der Waals surface area contributed by atoms with Gasteiger partial charge in [0, 0.05) is 0 Å². The van der Waals surface area contributed by atoms with Crippen LogP contribution in [0.1, 0.15) is 12.7 Å². The summed E-state index contributed by atoms with van der Waals surface area (Å²) in [4.78, 5) is 9.61. The molecule has 0 bridgehead atoms. The smallest absolute Gasteiger partial charge is 0.401 e. The molecule has 0 N–H and O–H groups in total. The second-order valence-corrected chi connectivity index (χ2v) is 3.42. The maximum absolute atomic E-state index is 10.2. The predicted octanol–water partition coefficient (Wildman–Crippen LogP) is 2.94. The third-order valence-corrected chi connectivity index (χ3v) is 1.36. The lowest BCUT2D eigenvalue weighted by atomic mass is 10.4. The van der Waals surface area contributed by atoms with Gasteiger partial charge in [0.15, 0.2) is 0 Å². The third kappa shape index (κ3) is 2.20. The lowest BCUT2D eigenvalue weighted by Gasteiger charge is -1.84. The van der Waals surface area contributed by atoms with Gasteiger partial charge in [0.25, 0.3) is 0 Å². The summed E-state index contributed by atoms with van der Waals surface area (Å²) in [5.41, 5.74) is 0. The van der Waals surface area contributed by atoms with Gasteiger partial charge in [-0.2, -0.15) is 0 Å². The quantitative estimate of drug-likeness (QED) is 0.581. The average Bonchev–Trinajstić information content (AvgIpc) is 2.34. The number of hydrogen-bond donors (Lipinski definition) is 0. The fourth-order valence-electron chi connectivity index (χ4n) is 0.714. The Balaban J connectivity index is 2.92. The monoisotopic (exact) mass is 231 g/mol. The Hall–Kier alpha value is -1.10. The minimum atomic E-state index is -0.569. The maximum atomic E-state index is 10.2. The van der Waals surface area contributed by atoms with E-state index in [9.17, 15) is 10.1 Å². The van der Waals surface area contributed by atoms with Crippen LogP contribution in [0.2, 0.25) is 0 Å². The molecule has 1 aromatic rings. The summed E-state index contributed by atoms with van der Waals surface area (Å²) in [7, 11) is 0. The van der Waals surface area contributed by atoms with Crippen LogP contribution in [0.15, 0.2) is 21.0 Å². The van der Waals surface area contributed by atoms with E-state index in [1.807, 2.05) is 6.92 Å². The number of halogens is 1. The first kappa shape index (κ1) is 8.99. The van der Waals surface area contributed by atoms with Crippen LogP contribution in [0.5, 0.6) is 0 Å². The van der Waals surface area contributed by atoms with Gasteiger partial charge in [-0.05, 0) is 23.5 Å². The fraction of sp³-hybridized carbons (Fsp3) is 0.143. The number of nitro groups is 1. The Kier molecular flexibility index (Phi) is 2.65. The lowest BCUT2D eigenvalue weighted by molar-refractivity contribution is -0.402. The molecule has 64 valence electrons. The SMILES string of the molecule is CC(Br)=Cc1ccc([N+](=O)[O-])o1. The van der Waals surface area contributed by atoms with Crippen LogP contribution in [0.25, 0.3) is 6.08 Å². The van der Waals surface area contributed by atoms with Gasteiger partial charge in [-0.25, -0.2) is 0 Å². The van der Waals surface area contributed by atoms with E-state index >= 15 is 0 Å². The van der Waals surface area contributed by atoms with E-state index in [0.717, 1.165) is 4.48 Å². The maximum Gasteiger partial charge on any atom is 0.433 e. The molecule has 0 aliphatic rings. The van der Waals surface area contributed by atoms with Gasteiger partial charge in [-0.3, -0.25) is 10.1 Å². The molecule has 1 aromatic heterocycles. The number of nitrogens with zero attached hydrogens (tertiary/aromatic N) is 1. The first-order valence-electron chi connectivity index (χ1n) is 3.17. The van der Waals surface area contributed by atoms with E-state index in [4.69, 9.17) is 4.42 Å². The van der Waals surface area contributed by atoms with Crippen LogP contribution >= 0.6 is 15.9 Å². The highest BCUT2D eigenvalue weighted by Gasteiger charge is 2.09. The molecule has 0 atom stereocenters. The van der Waals surface area contributed by atoms with E-state index in [1.165, 1.54) is 6.07 Å². The van der Waals surface area contributed by atoms with E-state index < -0.39 is 4.92 Å². The Labute approximate surface area is 77.2 Å². The van der Waals surface area contributed by atoms with Gasteiger partial charge in [-0.1, -0.05) is 15.9 Å². The van der Waals surface area contributed by atoms with Crippen LogP contribution in [-0.4, -0.2) is 4.92 Å². The molecule has 0 unspecified atom stereocenters. The molecule has 5 heteroatoms. The van der Waals surface area contributed by atoms with Crippen LogP contribution in [0.4, 0.5) is 5.88 Å². The van der Waals surface area contributed by atoms with Crippen molar-refractivity contribution >= 4 is 27.9 Å². The molecule has 12 heavy (non-hydrogen) atoms. The zero-order valence-corrected chi connectivity index (χ0v) is 7.87. The predicted molar refractivity (Wildman–Crippen MR) is 47.9 cm³/mol. The van der Waals surface area contributed by atoms with E-state index in [2.05, 4.69) is 15.9 Å². The summed E-state index contributed by atoms with van der Waals surface area (Å²) in [5.74, 6) is 0.228. The second kappa shape index (κ2) is 3.53. The van der Waals surface area contributed by atoms with Gasteiger partial charge in [0.05, 0.1) is 6.07 Å². The highest BCUT2D eigenvalue weighted by Crippen LogP contribution is 2.19. The zero-order valence-electron chi connectivity index (χ0n) is 6.28. The molecule has 4 nitrogen and oxygen atoms in total. The first-order chi connectivity index (χ1) is 5.59. The highest BCUT2D eigenvalue weighted by molar-refractivity contribution is 9.11. The third-order valence-electron chi connectivity index (χ3n) is 1.13. The standard InChI is InChI=1S/C7H6BrNO3/c1-5(8)4-6-2-3-7(12-6)9(10)11/h2-4H,1H3. The number of furan rings is 1. The molecule has 1 heterocycles. The van der Waals surface area contributed by atoms with Crippen LogP contribution in [0.3, 0.4) is 0 Å². The second-order valence-electron chi connectivity index (χ2n) is 2.16. The van der Waals surface area contributed by atoms with Crippen molar-refractivity contribution in [1.82, 2.24) is 0 Å². The summed E-state index contributed by atoms with van der Waals surface area (Å²) < 4.78 is 5.70. The summed E-state index contributed by atoms with van der Waals surface area (Å²) in [6.45, 7) is 1.81. The average molecular weight is 232 g/mol. The normalized spacial score (nSPS) is 11.7. The van der Waals surface area contributed by atoms with Crippen molar-refractivity contribution < 1.29 is 9.34 Å². The van der Waals surface area contributed by atoms with Crippen molar-refractivity contribution in [1.29, 1.82) is 0 Å². The van der Waals surface area contributed by atoms with Gasteiger partial charge >= 0.3 is 5.88 Å². The molecule has 0 saturated heterocycles. The molecule has 0 aliphatic carbocycles. The Morgan fingerprint density at radius 3 is 2.83 bits per heavy atom. The topological polar surface area (TPSA) is 56.3 Å². The minimum Gasteiger partial charge on any atom is -0.401 e. The van der Waals surface area contributed by atoms with Gasteiger partial charge in [-0.15, -0.1) is 0 Å². The van der Waals surface area contributed by atoms with Gasteiger partial charge < -0.3 is 4.42 Å². The van der Waals surface area contributed by atoms with Crippen molar-refractivity contribution in [2.75, 3.05) is 0 Å². The number of hydrogen-bond acceptors (Lipinski definition) is 3. The molecule has 1 rings (SSSR count). The Bertz CT molecular complexity index is 325. The summed E-state index contributed by atoms with van der Waals surface area (Å²) in [6.07, 6.45) is 1.66. The zero-order chi connectivity index (χ0) is 9.14. The molecule has 0 aromatic carbocycles. The van der Waals surface area contributed by atoms with Crippen molar-refractivity contribution in [2.45, 2.75) is 6.92 Å². The van der Waals surface area contributed by atoms with E-state index in [-0.39, 0.29) is 5.88 Å². The lowest BCUT2D eigenvalue weighted by Crippen LogP contribution is -1.82. The van der Waals surface area contributed by atoms with Crippen molar-refractivity contribution in [3.63, 3.8) is 0 Å². The molecule has 0 aliphatic heterocycles. The molecule has 0 spiro atoms. The number of rotatable bonds is 2. The van der Waals surface area contributed by atoms with Crippen LogP contribution in [0, 0.1) is 10.1 Å². The summed E-state index contributed by atoms with van der Waals surface area (Å²) in [6, 6.07) is 2.87. The Morgan fingerprint density at radius 2 is 2.42 bits per heavy atom.